The molecule has 0 atom stereocenters. The van der Waals surface area contributed by atoms with Crippen LogP contribution in [0, 0.1) is 0 Å². The van der Waals surface area contributed by atoms with Crippen molar-refractivity contribution >= 4 is 6.29 Å². The second kappa shape index (κ2) is 5.73. The maximum atomic E-state index is 12.8. The summed E-state index contributed by atoms with van der Waals surface area (Å²) >= 11 is 0. The number of rotatable bonds is 4. The average Bonchev–Trinajstić information content (AvgIpc) is 2.45. The van der Waals surface area contributed by atoms with Gasteiger partial charge in [0.2, 0.25) is 5.88 Å². The van der Waals surface area contributed by atoms with E-state index in [9.17, 15) is 18.0 Å². The molecule has 6 heteroatoms. The van der Waals surface area contributed by atoms with Crippen molar-refractivity contribution in [3.8, 4) is 5.88 Å². The van der Waals surface area contributed by atoms with Gasteiger partial charge in [-0.15, -0.1) is 0 Å². The lowest BCUT2D eigenvalue weighted by Crippen LogP contribution is -2.10. The molecule has 0 unspecified atom stereocenters. The molecule has 3 nitrogen and oxygen atoms in total. The van der Waals surface area contributed by atoms with Crippen molar-refractivity contribution in [2.75, 3.05) is 0 Å². The zero-order valence-electron chi connectivity index (χ0n) is 10.2. The van der Waals surface area contributed by atoms with Crippen molar-refractivity contribution < 1.29 is 22.7 Å². The van der Waals surface area contributed by atoms with Crippen LogP contribution in [0.5, 0.6) is 5.88 Å². The summed E-state index contributed by atoms with van der Waals surface area (Å²) in [5, 5.41) is 0. The molecule has 0 radical (unpaired) electrons. The van der Waals surface area contributed by atoms with E-state index in [4.69, 9.17) is 4.74 Å². The van der Waals surface area contributed by atoms with E-state index in [0.717, 1.165) is 6.07 Å². The highest BCUT2D eigenvalue weighted by Gasteiger charge is 2.32. The second-order valence-electron chi connectivity index (χ2n) is 3.99. The van der Waals surface area contributed by atoms with Gasteiger partial charge in [0.15, 0.2) is 6.29 Å². The van der Waals surface area contributed by atoms with Crippen LogP contribution in [0.25, 0.3) is 0 Å². The molecular weight excluding hydrogens is 271 g/mol. The molecule has 20 heavy (non-hydrogen) atoms. The summed E-state index contributed by atoms with van der Waals surface area (Å²) in [7, 11) is 0. The number of halogens is 3. The predicted octanol–water partition coefficient (Wildman–Crippen LogP) is 3.49. The molecule has 0 bridgehead atoms. The summed E-state index contributed by atoms with van der Waals surface area (Å²) in [5.74, 6) is 0.160. The Labute approximate surface area is 113 Å². The zero-order valence-corrected chi connectivity index (χ0v) is 10.2. The number of benzene rings is 1. The Morgan fingerprint density at radius 2 is 1.90 bits per heavy atom. The van der Waals surface area contributed by atoms with Gasteiger partial charge in [-0.2, -0.15) is 13.2 Å². The Morgan fingerprint density at radius 1 is 1.15 bits per heavy atom. The van der Waals surface area contributed by atoms with E-state index in [1.54, 1.807) is 0 Å². The van der Waals surface area contributed by atoms with Gasteiger partial charge in [-0.3, -0.25) is 4.79 Å². The summed E-state index contributed by atoms with van der Waals surface area (Å²) < 4.78 is 43.5. The lowest BCUT2D eigenvalue weighted by Gasteiger charge is -2.13. The number of alkyl halides is 3. The minimum atomic E-state index is -4.42. The van der Waals surface area contributed by atoms with Crippen molar-refractivity contribution in [2.24, 2.45) is 0 Å². The molecule has 0 fully saturated rings. The Balaban J connectivity index is 2.12. The largest absolute Gasteiger partial charge is 0.473 e. The highest BCUT2D eigenvalue weighted by atomic mass is 19.4. The van der Waals surface area contributed by atoms with Gasteiger partial charge in [0.1, 0.15) is 6.61 Å². The molecule has 1 aromatic carbocycles. The molecule has 0 amide bonds. The topological polar surface area (TPSA) is 39.2 Å². The third-order valence-electron chi connectivity index (χ3n) is 2.59. The van der Waals surface area contributed by atoms with Crippen LogP contribution in [-0.2, 0) is 12.8 Å². The lowest BCUT2D eigenvalue weighted by molar-refractivity contribution is -0.138. The van der Waals surface area contributed by atoms with E-state index in [2.05, 4.69) is 4.98 Å². The summed E-state index contributed by atoms with van der Waals surface area (Å²) in [6.07, 6.45) is -2.51. The summed E-state index contributed by atoms with van der Waals surface area (Å²) in [4.78, 5) is 14.3. The maximum absolute atomic E-state index is 12.8. The van der Waals surface area contributed by atoms with Gasteiger partial charge in [-0.05, 0) is 12.1 Å². The first kappa shape index (κ1) is 14.0. The van der Waals surface area contributed by atoms with Gasteiger partial charge in [0.25, 0.3) is 0 Å². The Morgan fingerprint density at radius 3 is 2.50 bits per heavy atom. The Kier molecular flexibility index (Phi) is 4.02. The zero-order chi connectivity index (χ0) is 14.6. The van der Waals surface area contributed by atoms with Crippen LogP contribution >= 0.6 is 0 Å². The van der Waals surface area contributed by atoms with Crippen LogP contribution < -0.4 is 4.74 Å². The molecular formula is C14H10F3NO2. The summed E-state index contributed by atoms with van der Waals surface area (Å²) in [5.41, 5.74) is -0.334. The van der Waals surface area contributed by atoms with E-state index < -0.39 is 11.7 Å². The minimum absolute atomic E-state index is 0.0289. The van der Waals surface area contributed by atoms with Gasteiger partial charge in [0.05, 0.1) is 5.56 Å². The number of carbonyl (C=O) groups excluding carboxylic acids is 1. The molecule has 0 aliphatic heterocycles. The fourth-order valence-corrected chi connectivity index (χ4v) is 1.62. The monoisotopic (exact) mass is 281 g/mol. The first-order valence-corrected chi connectivity index (χ1v) is 5.70. The van der Waals surface area contributed by atoms with E-state index in [1.807, 2.05) is 0 Å². The first-order chi connectivity index (χ1) is 9.50. The van der Waals surface area contributed by atoms with Crippen molar-refractivity contribution in [1.29, 1.82) is 0 Å². The van der Waals surface area contributed by atoms with Crippen LogP contribution in [0.15, 0.2) is 42.6 Å². The number of nitrogens with zero attached hydrogens (tertiary/aromatic N) is 1. The highest BCUT2D eigenvalue weighted by Crippen LogP contribution is 2.32. The van der Waals surface area contributed by atoms with Crippen molar-refractivity contribution in [2.45, 2.75) is 12.8 Å². The molecule has 1 heterocycles. The lowest BCUT2D eigenvalue weighted by atomic mass is 10.1. The van der Waals surface area contributed by atoms with Gasteiger partial charge in [0, 0.05) is 23.4 Å². The molecule has 0 spiro atoms. The normalized spacial score (nSPS) is 11.2. The van der Waals surface area contributed by atoms with Crippen LogP contribution in [-0.4, -0.2) is 11.3 Å². The van der Waals surface area contributed by atoms with Gasteiger partial charge in [-0.25, -0.2) is 4.98 Å². The number of hydrogen-bond donors (Lipinski definition) is 0. The number of ether oxygens (including phenoxy) is 1. The molecule has 1 aromatic heterocycles. The van der Waals surface area contributed by atoms with Crippen LogP contribution in [0.4, 0.5) is 13.2 Å². The van der Waals surface area contributed by atoms with Crippen molar-refractivity contribution in [1.82, 2.24) is 4.98 Å². The first-order valence-electron chi connectivity index (χ1n) is 5.70. The van der Waals surface area contributed by atoms with Crippen LogP contribution in [0.3, 0.4) is 0 Å². The minimum Gasteiger partial charge on any atom is -0.473 e. The predicted molar refractivity (Wildman–Crippen MR) is 65.4 cm³/mol. The van der Waals surface area contributed by atoms with Crippen LogP contribution in [0.2, 0.25) is 0 Å². The number of carbonyl (C=O) groups is 1. The van der Waals surface area contributed by atoms with Gasteiger partial charge >= 0.3 is 6.18 Å². The SMILES string of the molecule is O=Cc1ccc(OCc2ccccc2C(F)(F)F)nc1. The molecule has 0 aliphatic rings. The number of aldehydes is 1. The fraction of sp³-hybridized carbons (Fsp3) is 0.143. The molecule has 0 aliphatic carbocycles. The Bertz CT molecular complexity index is 594. The molecule has 0 saturated heterocycles. The van der Waals surface area contributed by atoms with Crippen molar-refractivity contribution in [3.05, 3.63) is 59.3 Å². The summed E-state index contributed by atoms with van der Waals surface area (Å²) in [6.45, 7) is -0.247. The molecule has 0 N–H and O–H groups in total. The average molecular weight is 281 g/mol. The van der Waals surface area contributed by atoms with Crippen molar-refractivity contribution in [3.63, 3.8) is 0 Å². The molecule has 0 saturated carbocycles. The molecule has 2 aromatic rings. The third-order valence-corrected chi connectivity index (χ3v) is 2.59. The summed E-state index contributed by atoms with van der Waals surface area (Å²) in [6, 6.07) is 8.09. The fourth-order valence-electron chi connectivity index (χ4n) is 1.62. The Hall–Kier alpha value is -2.37. The maximum Gasteiger partial charge on any atom is 0.416 e. The van der Waals surface area contributed by atoms with E-state index >= 15 is 0 Å². The number of aromatic nitrogens is 1. The quantitative estimate of drug-likeness (QED) is 0.805. The van der Waals surface area contributed by atoms with Crippen LogP contribution in [0.1, 0.15) is 21.5 Å². The molecule has 104 valence electrons. The van der Waals surface area contributed by atoms with Gasteiger partial charge in [-0.1, -0.05) is 18.2 Å². The number of pyridine rings is 1. The van der Waals surface area contributed by atoms with E-state index in [-0.39, 0.29) is 18.1 Å². The van der Waals surface area contributed by atoms with E-state index in [1.165, 1.54) is 36.5 Å². The molecule has 2 rings (SSSR count). The highest BCUT2D eigenvalue weighted by molar-refractivity contribution is 5.73. The van der Waals surface area contributed by atoms with Gasteiger partial charge < -0.3 is 4.74 Å². The third kappa shape index (κ3) is 3.34. The van der Waals surface area contributed by atoms with E-state index in [0.29, 0.717) is 11.8 Å². The second-order valence-corrected chi connectivity index (χ2v) is 3.99. The number of hydrogen-bond acceptors (Lipinski definition) is 3. The smallest absolute Gasteiger partial charge is 0.416 e. The standard InChI is InChI=1S/C14H10F3NO2/c15-14(16,17)12-4-2-1-3-11(12)9-20-13-6-5-10(8-19)7-18-13/h1-8H,9H2.